The zero-order chi connectivity index (χ0) is 11.3. The standard InChI is InChI=1S/C11H20N2O2/c1-10(2,3)15-9(14)13-6-7-4-11(7)5-8(11)12/h7-8H,4-6,12H2,1-3H3,(H,13,14). The Morgan fingerprint density at radius 3 is 2.53 bits per heavy atom. The molecule has 86 valence electrons. The Balaban J connectivity index is 1.65. The molecule has 2 fully saturated rings. The number of alkyl carbamates (subject to hydrolysis) is 1. The van der Waals surface area contributed by atoms with Crippen LogP contribution in [0.4, 0.5) is 4.79 Å². The van der Waals surface area contributed by atoms with Crippen molar-refractivity contribution in [1.29, 1.82) is 0 Å². The highest BCUT2D eigenvalue weighted by molar-refractivity contribution is 5.67. The summed E-state index contributed by atoms with van der Waals surface area (Å²) < 4.78 is 5.15. The van der Waals surface area contributed by atoms with E-state index in [4.69, 9.17) is 10.5 Å². The van der Waals surface area contributed by atoms with E-state index < -0.39 is 5.60 Å². The summed E-state index contributed by atoms with van der Waals surface area (Å²) in [6.07, 6.45) is 1.98. The predicted octanol–water partition coefficient (Wildman–Crippen LogP) is 1.25. The molecule has 0 aromatic rings. The molecule has 15 heavy (non-hydrogen) atoms. The maximum Gasteiger partial charge on any atom is 0.407 e. The van der Waals surface area contributed by atoms with Crippen molar-refractivity contribution in [1.82, 2.24) is 5.32 Å². The van der Waals surface area contributed by atoms with Crippen molar-refractivity contribution < 1.29 is 9.53 Å². The molecule has 3 N–H and O–H groups in total. The highest BCUT2D eigenvalue weighted by Crippen LogP contribution is 2.69. The maximum atomic E-state index is 11.3. The van der Waals surface area contributed by atoms with Crippen LogP contribution in [-0.2, 0) is 4.74 Å². The summed E-state index contributed by atoms with van der Waals surface area (Å²) in [6, 6.07) is 0.378. The van der Waals surface area contributed by atoms with E-state index in [0.717, 1.165) is 6.42 Å². The van der Waals surface area contributed by atoms with Gasteiger partial charge in [0.25, 0.3) is 0 Å². The molecule has 2 rings (SSSR count). The first-order valence-corrected chi connectivity index (χ1v) is 5.56. The van der Waals surface area contributed by atoms with E-state index in [1.165, 1.54) is 6.42 Å². The number of hydrogen-bond donors (Lipinski definition) is 2. The van der Waals surface area contributed by atoms with Gasteiger partial charge in [-0.15, -0.1) is 0 Å². The van der Waals surface area contributed by atoms with Crippen LogP contribution in [0.5, 0.6) is 0 Å². The van der Waals surface area contributed by atoms with Gasteiger partial charge in [-0.3, -0.25) is 0 Å². The van der Waals surface area contributed by atoms with Crippen molar-refractivity contribution in [3.8, 4) is 0 Å². The van der Waals surface area contributed by atoms with Crippen LogP contribution in [0.15, 0.2) is 0 Å². The molecular weight excluding hydrogens is 192 g/mol. The number of carbonyl (C=O) groups is 1. The average molecular weight is 212 g/mol. The van der Waals surface area contributed by atoms with Crippen molar-refractivity contribution in [2.24, 2.45) is 17.1 Å². The largest absolute Gasteiger partial charge is 0.444 e. The van der Waals surface area contributed by atoms with E-state index in [1.54, 1.807) is 0 Å². The van der Waals surface area contributed by atoms with Crippen LogP contribution in [-0.4, -0.2) is 24.3 Å². The number of ether oxygens (including phenoxy) is 1. The molecule has 1 spiro atoms. The van der Waals surface area contributed by atoms with Crippen molar-refractivity contribution in [3.05, 3.63) is 0 Å². The lowest BCUT2D eigenvalue weighted by Crippen LogP contribution is -2.33. The predicted molar refractivity (Wildman–Crippen MR) is 57.4 cm³/mol. The third-order valence-electron chi connectivity index (χ3n) is 3.35. The third kappa shape index (κ3) is 2.25. The normalized spacial score (nSPS) is 37.6. The first kappa shape index (κ1) is 10.7. The van der Waals surface area contributed by atoms with Gasteiger partial charge in [-0.1, -0.05) is 0 Å². The van der Waals surface area contributed by atoms with Crippen LogP contribution in [0.3, 0.4) is 0 Å². The van der Waals surface area contributed by atoms with Crippen molar-refractivity contribution >= 4 is 6.09 Å². The first-order valence-electron chi connectivity index (χ1n) is 5.56. The summed E-state index contributed by atoms with van der Waals surface area (Å²) in [4.78, 5) is 11.3. The third-order valence-corrected chi connectivity index (χ3v) is 3.35. The highest BCUT2D eigenvalue weighted by Gasteiger charge is 2.68. The fraction of sp³-hybridized carbons (Fsp3) is 0.909. The smallest absolute Gasteiger partial charge is 0.407 e. The SMILES string of the molecule is CC(C)(C)OC(=O)NCC1CC12CC2N. The Hall–Kier alpha value is -0.770. The number of nitrogens with two attached hydrogens (primary N) is 1. The van der Waals surface area contributed by atoms with Gasteiger partial charge in [-0.2, -0.15) is 0 Å². The first-order chi connectivity index (χ1) is 6.83. The van der Waals surface area contributed by atoms with Crippen molar-refractivity contribution in [3.63, 3.8) is 0 Å². The van der Waals surface area contributed by atoms with Crippen LogP contribution >= 0.6 is 0 Å². The number of carbonyl (C=O) groups excluding carboxylic acids is 1. The van der Waals surface area contributed by atoms with E-state index in [2.05, 4.69) is 5.32 Å². The number of nitrogens with one attached hydrogen (secondary N) is 1. The van der Waals surface area contributed by atoms with Gasteiger partial charge in [-0.25, -0.2) is 4.79 Å². The van der Waals surface area contributed by atoms with E-state index in [0.29, 0.717) is 23.9 Å². The summed E-state index contributed by atoms with van der Waals surface area (Å²) in [6.45, 7) is 6.30. The minimum Gasteiger partial charge on any atom is -0.444 e. The molecule has 0 heterocycles. The van der Waals surface area contributed by atoms with E-state index in [1.807, 2.05) is 20.8 Å². The van der Waals surface area contributed by atoms with Crippen LogP contribution in [0.2, 0.25) is 0 Å². The Kier molecular flexibility index (Phi) is 2.23. The van der Waals surface area contributed by atoms with Crippen molar-refractivity contribution in [2.75, 3.05) is 6.54 Å². The van der Waals surface area contributed by atoms with Gasteiger partial charge >= 0.3 is 6.09 Å². The Bertz CT molecular complexity index is 285. The lowest BCUT2D eigenvalue weighted by Gasteiger charge is -2.19. The average Bonchev–Trinajstić information content (AvgIpc) is 2.87. The zero-order valence-electron chi connectivity index (χ0n) is 9.67. The van der Waals surface area contributed by atoms with Gasteiger partial charge in [0.15, 0.2) is 0 Å². The summed E-state index contributed by atoms with van der Waals surface area (Å²) in [7, 11) is 0. The van der Waals surface area contributed by atoms with Gasteiger partial charge in [0, 0.05) is 12.6 Å². The van der Waals surface area contributed by atoms with Crippen molar-refractivity contribution in [2.45, 2.75) is 45.3 Å². The molecule has 3 unspecified atom stereocenters. The molecule has 2 aliphatic rings. The zero-order valence-corrected chi connectivity index (χ0v) is 9.67. The molecule has 3 atom stereocenters. The van der Waals surface area contributed by atoms with Crippen LogP contribution in [0, 0.1) is 11.3 Å². The molecule has 4 heteroatoms. The molecule has 0 radical (unpaired) electrons. The lowest BCUT2D eigenvalue weighted by molar-refractivity contribution is 0.0524. The van der Waals surface area contributed by atoms with E-state index >= 15 is 0 Å². The molecule has 0 aromatic carbocycles. The number of hydrogen-bond acceptors (Lipinski definition) is 3. The minimum absolute atomic E-state index is 0.321. The Labute approximate surface area is 90.5 Å². The molecule has 4 nitrogen and oxygen atoms in total. The maximum absolute atomic E-state index is 11.3. The van der Waals surface area contributed by atoms with E-state index in [9.17, 15) is 4.79 Å². The molecule has 0 saturated heterocycles. The minimum atomic E-state index is -0.415. The molecule has 2 saturated carbocycles. The quantitative estimate of drug-likeness (QED) is 0.724. The molecule has 2 aliphatic carbocycles. The lowest BCUT2D eigenvalue weighted by atomic mass is 10.2. The van der Waals surface area contributed by atoms with Gasteiger partial charge in [0.1, 0.15) is 5.60 Å². The van der Waals surface area contributed by atoms with Gasteiger partial charge < -0.3 is 15.8 Å². The molecule has 0 bridgehead atoms. The Morgan fingerprint density at radius 2 is 2.13 bits per heavy atom. The molecule has 0 aromatic heterocycles. The molecule has 0 aliphatic heterocycles. The molecule has 1 amide bonds. The monoisotopic (exact) mass is 212 g/mol. The van der Waals surface area contributed by atoms with Gasteiger partial charge in [-0.05, 0) is 44.9 Å². The fourth-order valence-corrected chi connectivity index (χ4v) is 2.25. The van der Waals surface area contributed by atoms with Gasteiger partial charge in [0.2, 0.25) is 0 Å². The van der Waals surface area contributed by atoms with Crippen LogP contribution < -0.4 is 11.1 Å². The second kappa shape index (κ2) is 3.11. The summed E-state index contributed by atoms with van der Waals surface area (Å²) in [5.74, 6) is 0.583. The van der Waals surface area contributed by atoms with Gasteiger partial charge in [0.05, 0.1) is 0 Å². The second-order valence-corrected chi connectivity index (χ2v) is 5.83. The summed E-state index contributed by atoms with van der Waals surface area (Å²) >= 11 is 0. The summed E-state index contributed by atoms with van der Waals surface area (Å²) in [5.41, 5.74) is 5.80. The summed E-state index contributed by atoms with van der Waals surface area (Å²) in [5, 5.41) is 2.80. The fourth-order valence-electron chi connectivity index (χ4n) is 2.25. The van der Waals surface area contributed by atoms with E-state index in [-0.39, 0.29) is 6.09 Å². The topological polar surface area (TPSA) is 64.3 Å². The second-order valence-electron chi connectivity index (χ2n) is 5.83. The number of amides is 1. The number of rotatable bonds is 2. The highest BCUT2D eigenvalue weighted by atomic mass is 16.6. The van der Waals surface area contributed by atoms with Crippen LogP contribution in [0.1, 0.15) is 33.6 Å². The Morgan fingerprint density at radius 1 is 1.53 bits per heavy atom. The van der Waals surface area contributed by atoms with Crippen LogP contribution in [0.25, 0.3) is 0 Å². The molecular formula is C11H20N2O2.